The Morgan fingerprint density at radius 3 is 2.69 bits per heavy atom. The first-order valence-corrected chi connectivity index (χ1v) is 10.3. The monoisotopic (exact) mass is 430 g/mol. The van der Waals surface area contributed by atoms with E-state index < -0.39 is 22.6 Å². The normalized spacial score (nSPS) is 21.1. The van der Waals surface area contributed by atoms with E-state index in [1.54, 1.807) is 15.8 Å². The molecule has 1 atom stereocenters. The Kier molecular flexibility index (Phi) is 4.70. The molecule has 5 rings (SSSR count). The topological polar surface area (TPSA) is 87.9 Å². The third-order valence-corrected chi connectivity index (χ3v) is 6.03. The molecule has 0 saturated heterocycles. The number of ether oxygens (including phenoxy) is 1. The van der Waals surface area contributed by atoms with Crippen molar-refractivity contribution in [3.63, 3.8) is 0 Å². The number of pyridine rings is 2. The van der Waals surface area contributed by atoms with Crippen LogP contribution in [0, 0.1) is 0 Å². The van der Waals surface area contributed by atoms with Crippen molar-refractivity contribution < 1.29 is 14.6 Å². The van der Waals surface area contributed by atoms with Crippen LogP contribution in [-0.2, 0) is 5.54 Å². The Morgan fingerprint density at radius 1 is 1.06 bits per heavy atom. The van der Waals surface area contributed by atoms with Gasteiger partial charge in [-0.2, -0.15) is 0 Å². The van der Waals surface area contributed by atoms with E-state index in [1.165, 1.54) is 12.3 Å². The van der Waals surface area contributed by atoms with Crippen LogP contribution in [0.25, 0.3) is 0 Å². The highest BCUT2D eigenvalue weighted by Gasteiger charge is 2.45. The molecule has 0 fully saturated rings. The fourth-order valence-corrected chi connectivity index (χ4v) is 4.32. The first kappa shape index (κ1) is 19.9. The average Bonchev–Trinajstić information content (AvgIpc) is 2.84. The zero-order valence-corrected chi connectivity index (χ0v) is 17.5. The first-order valence-electron chi connectivity index (χ1n) is 10.3. The molecule has 2 bridgehead atoms. The Morgan fingerprint density at radius 2 is 1.88 bits per heavy atom. The lowest BCUT2D eigenvalue weighted by Crippen LogP contribution is -2.62. The fourth-order valence-electron chi connectivity index (χ4n) is 4.32. The number of carbonyl (C=O) groups is 1. The van der Waals surface area contributed by atoms with Crippen LogP contribution in [0.3, 0.4) is 0 Å². The summed E-state index contributed by atoms with van der Waals surface area (Å²) in [5, 5.41) is 12.5. The van der Waals surface area contributed by atoms with Crippen LogP contribution in [0.2, 0.25) is 0 Å². The zero-order valence-electron chi connectivity index (χ0n) is 17.5. The molecule has 4 heterocycles. The Labute approximate surface area is 184 Å². The maximum Gasteiger partial charge on any atom is 0.278 e. The van der Waals surface area contributed by atoms with Crippen LogP contribution in [0.4, 0.5) is 0 Å². The molecule has 162 valence electrons. The van der Waals surface area contributed by atoms with Crippen molar-refractivity contribution in [1.29, 1.82) is 0 Å². The quantitative estimate of drug-likeness (QED) is 0.596. The average molecular weight is 430 g/mol. The van der Waals surface area contributed by atoms with Crippen LogP contribution in [0.1, 0.15) is 28.7 Å². The molecule has 2 aliphatic heterocycles. The Hall–Kier alpha value is -4.07. The number of amides is 1. The molecule has 1 aromatic carbocycles. The van der Waals surface area contributed by atoms with Gasteiger partial charge < -0.3 is 14.7 Å². The molecule has 0 aliphatic carbocycles. The van der Waals surface area contributed by atoms with Crippen molar-refractivity contribution in [2.75, 3.05) is 24.8 Å². The Bertz CT molecular complexity index is 1270. The van der Waals surface area contributed by atoms with Crippen LogP contribution < -0.4 is 15.2 Å². The van der Waals surface area contributed by atoms with E-state index >= 15 is 0 Å². The van der Waals surface area contributed by atoms with Crippen molar-refractivity contribution in [1.82, 2.24) is 14.6 Å². The summed E-state index contributed by atoms with van der Waals surface area (Å²) < 4.78 is 7.65. The highest BCUT2D eigenvalue weighted by atomic mass is 16.5. The largest absolute Gasteiger partial charge is 0.502 e. The first-order chi connectivity index (χ1) is 15.5. The van der Waals surface area contributed by atoms with Gasteiger partial charge in [0.1, 0.15) is 24.6 Å². The summed E-state index contributed by atoms with van der Waals surface area (Å²) in [5.74, 6) is -0.306. The van der Waals surface area contributed by atoms with Crippen LogP contribution in [0.15, 0.2) is 77.9 Å². The van der Waals surface area contributed by atoms with Gasteiger partial charge in [-0.05, 0) is 31.2 Å². The summed E-state index contributed by atoms with van der Waals surface area (Å²) in [6, 6.07) is 14.6. The summed E-state index contributed by atoms with van der Waals surface area (Å²) in [7, 11) is 0. The molecule has 3 aromatic rings. The van der Waals surface area contributed by atoms with E-state index in [9.17, 15) is 14.7 Å². The third-order valence-electron chi connectivity index (χ3n) is 6.03. The lowest BCUT2D eigenvalue weighted by Gasteiger charge is -2.49. The van der Waals surface area contributed by atoms with E-state index in [2.05, 4.69) is 4.98 Å². The van der Waals surface area contributed by atoms with Gasteiger partial charge in [-0.3, -0.25) is 24.3 Å². The van der Waals surface area contributed by atoms with Gasteiger partial charge >= 0.3 is 0 Å². The van der Waals surface area contributed by atoms with Gasteiger partial charge in [0.05, 0.1) is 5.69 Å². The summed E-state index contributed by atoms with van der Waals surface area (Å²) in [4.78, 5) is 31.7. The second-order valence-corrected chi connectivity index (χ2v) is 7.86. The molecule has 0 radical (unpaired) electrons. The number of hydrogen-bond acceptors (Lipinski definition) is 6. The van der Waals surface area contributed by atoms with Crippen LogP contribution >= 0.6 is 0 Å². The lowest BCUT2D eigenvalue weighted by atomic mass is 9.86. The van der Waals surface area contributed by atoms with Crippen LogP contribution in [-0.4, -0.2) is 45.4 Å². The predicted octanol–water partition coefficient (Wildman–Crippen LogP) is 2.21. The SMILES string of the molecule is C[C@@]1(c2ccccn2)c2ccccc2OC/C=C\CN2CN1n1ccc(=O)c(O)c1C2=O. The second-order valence-electron chi connectivity index (χ2n) is 7.86. The van der Waals surface area contributed by atoms with Crippen molar-refractivity contribution in [3.05, 3.63) is 100 Å². The van der Waals surface area contributed by atoms with E-state index in [1.807, 2.05) is 66.5 Å². The smallest absolute Gasteiger partial charge is 0.278 e. The summed E-state index contributed by atoms with van der Waals surface area (Å²) >= 11 is 0. The number of fused-ring (bicyclic) bond motifs is 5. The standard InChI is InChI=1S/C24H22N4O4/c1-24(20-10-4-5-12-25-20)17-8-2-3-9-19(17)32-15-7-6-13-26-16-28(24)27-14-11-18(29)22(30)21(27)23(26)31/h2-12,14,30H,13,15-16H2,1H3/b7-6-/t24-/m0/s1. The molecule has 8 heteroatoms. The summed E-state index contributed by atoms with van der Waals surface area (Å²) in [6.45, 7) is 2.85. The zero-order chi connectivity index (χ0) is 22.3. The highest BCUT2D eigenvalue weighted by Crippen LogP contribution is 2.41. The summed E-state index contributed by atoms with van der Waals surface area (Å²) in [6.07, 6.45) is 6.93. The summed E-state index contributed by atoms with van der Waals surface area (Å²) in [5.41, 5.74) is -0.0159. The van der Waals surface area contributed by atoms with Gasteiger partial charge in [0, 0.05) is 30.6 Å². The molecule has 8 nitrogen and oxygen atoms in total. The Balaban J connectivity index is 1.85. The maximum atomic E-state index is 13.2. The second kappa shape index (κ2) is 7.56. The minimum absolute atomic E-state index is 0.0723. The molecular weight excluding hydrogens is 408 g/mol. The fraction of sp³-hybridized carbons (Fsp3) is 0.208. The number of para-hydroxylation sites is 1. The maximum absolute atomic E-state index is 13.2. The molecule has 1 amide bonds. The minimum Gasteiger partial charge on any atom is -0.502 e. The molecule has 0 spiro atoms. The number of aromatic nitrogens is 2. The van der Waals surface area contributed by atoms with Gasteiger partial charge in [-0.25, -0.2) is 0 Å². The van der Waals surface area contributed by atoms with Gasteiger partial charge in [-0.1, -0.05) is 30.3 Å². The number of aromatic hydroxyl groups is 1. The molecule has 2 aliphatic rings. The number of rotatable bonds is 1. The van der Waals surface area contributed by atoms with E-state index in [0.29, 0.717) is 18.9 Å². The lowest BCUT2D eigenvalue weighted by molar-refractivity contribution is 0.0684. The molecule has 0 saturated carbocycles. The highest BCUT2D eigenvalue weighted by molar-refractivity contribution is 5.96. The van der Waals surface area contributed by atoms with E-state index in [0.717, 1.165) is 11.3 Å². The van der Waals surface area contributed by atoms with Crippen molar-refractivity contribution in [2.24, 2.45) is 0 Å². The molecule has 0 unspecified atom stereocenters. The van der Waals surface area contributed by atoms with E-state index in [4.69, 9.17) is 4.74 Å². The van der Waals surface area contributed by atoms with Crippen molar-refractivity contribution in [3.8, 4) is 11.5 Å². The van der Waals surface area contributed by atoms with Gasteiger partial charge in [0.25, 0.3) is 5.91 Å². The van der Waals surface area contributed by atoms with Crippen molar-refractivity contribution >= 4 is 5.91 Å². The van der Waals surface area contributed by atoms with Gasteiger partial charge in [0.2, 0.25) is 5.43 Å². The van der Waals surface area contributed by atoms with E-state index in [-0.39, 0.29) is 12.4 Å². The van der Waals surface area contributed by atoms with Crippen molar-refractivity contribution in [2.45, 2.75) is 12.5 Å². The molecular formula is C24H22N4O4. The number of benzene rings is 1. The molecule has 32 heavy (non-hydrogen) atoms. The number of carbonyl (C=O) groups excluding carboxylic acids is 1. The molecule has 2 aromatic heterocycles. The molecule has 1 N–H and O–H groups in total. The number of hydrogen-bond donors (Lipinski definition) is 1. The minimum atomic E-state index is -0.905. The predicted molar refractivity (Wildman–Crippen MR) is 118 cm³/mol. The third kappa shape index (κ3) is 2.95. The van der Waals surface area contributed by atoms with Gasteiger partial charge in [-0.15, -0.1) is 0 Å². The number of nitrogens with zero attached hydrogens (tertiary/aromatic N) is 4. The van der Waals surface area contributed by atoms with Crippen LogP contribution in [0.5, 0.6) is 11.5 Å². The van der Waals surface area contributed by atoms with Gasteiger partial charge in [0.15, 0.2) is 11.4 Å².